The lowest BCUT2D eigenvalue weighted by Crippen LogP contribution is -2.34. The van der Waals surface area contributed by atoms with E-state index in [2.05, 4.69) is 0 Å². The Morgan fingerprint density at radius 2 is 1.82 bits per heavy atom. The molecular weight excluding hydrogens is 362 g/mol. The van der Waals surface area contributed by atoms with E-state index in [0.717, 1.165) is 0 Å². The number of primary amides is 1. The number of anilines is 2. The molecule has 2 heterocycles. The van der Waals surface area contributed by atoms with Crippen molar-refractivity contribution in [2.75, 3.05) is 30.2 Å². The average Bonchev–Trinajstić information content (AvgIpc) is 3.32. The van der Waals surface area contributed by atoms with Crippen molar-refractivity contribution >= 4 is 29.1 Å². The number of fused-ring (bicyclic) bond motifs is 1. The van der Waals surface area contributed by atoms with Gasteiger partial charge in [0.05, 0.1) is 5.92 Å². The van der Waals surface area contributed by atoms with Crippen molar-refractivity contribution in [1.82, 2.24) is 0 Å². The van der Waals surface area contributed by atoms with E-state index in [1.165, 1.54) is 4.90 Å². The molecule has 8 nitrogen and oxygen atoms in total. The molecule has 0 aromatic heterocycles. The van der Waals surface area contributed by atoms with Gasteiger partial charge in [-0.1, -0.05) is 0 Å². The number of benzene rings is 2. The number of nitrogens with zero attached hydrogens (tertiary/aromatic N) is 2. The van der Waals surface area contributed by atoms with Crippen molar-refractivity contribution in [2.24, 2.45) is 11.7 Å². The zero-order valence-corrected chi connectivity index (χ0v) is 15.3. The van der Waals surface area contributed by atoms with Crippen LogP contribution in [0.2, 0.25) is 0 Å². The van der Waals surface area contributed by atoms with Crippen LogP contribution in [0.3, 0.4) is 0 Å². The molecule has 0 radical (unpaired) electrons. The highest BCUT2D eigenvalue weighted by Crippen LogP contribution is 2.37. The van der Waals surface area contributed by atoms with Crippen molar-refractivity contribution in [3.8, 4) is 11.5 Å². The minimum Gasteiger partial charge on any atom is -0.454 e. The van der Waals surface area contributed by atoms with Crippen LogP contribution in [0.25, 0.3) is 0 Å². The van der Waals surface area contributed by atoms with Crippen LogP contribution in [-0.4, -0.2) is 38.1 Å². The van der Waals surface area contributed by atoms with Gasteiger partial charge in [0.2, 0.25) is 24.5 Å². The Labute approximate surface area is 161 Å². The third kappa shape index (κ3) is 3.13. The number of hydrogen-bond donors (Lipinski definition) is 1. The summed E-state index contributed by atoms with van der Waals surface area (Å²) in [5.74, 6) is -0.0352. The molecule has 28 heavy (non-hydrogen) atoms. The van der Waals surface area contributed by atoms with Crippen LogP contribution in [0, 0.1) is 5.92 Å². The van der Waals surface area contributed by atoms with Crippen molar-refractivity contribution in [3.05, 3.63) is 48.0 Å². The molecule has 8 heteroatoms. The van der Waals surface area contributed by atoms with E-state index in [4.69, 9.17) is 15.2 Å². The van der Waals surface area contributed by atoms with Gasteiger partial charge in [-0.3, -0.25) is 14.4 Å². The summed E-state index contributed by atoms with van der Waals surface area (Å²) in [6.07, 6.45) is 0.136. The number of rotatable bonds is 4. The van der Waals surface area contributed by atoms with Crippen molar-refractivity contribution in [2.45, 2.75) is 6.42 Å². The van der Waals surface area contributed by atoms with Gasteiger partial charge in [0.15, 0.2) is 11.5 Å². The molecular formula is C20H19N3O5. The molecule has 3 amide bonds. The van der Waals surface area contributed by atoms with E-state index in [1.54, 1.807) is 54.4 Å². The van der Waals surface area contributed by atoms with Crippen LogP contribution >= 0.6 is 0 Å². The van der Waals surface area contributed by atoms with Gasteiger partial charge in [0.25, 0.3) is 0 Å². The Hall–Kier alpha value is -3.55. The lowest BCUT2D eigenvalue weighted by atomic mass is 10.1. The molecule has 2 N–H and O–H groups in total. The summed E-state index contributed by atoms with van der Waals surface area (Å²) in [6, 6.07) is 11.7. The second-order valence-corrected chi connectivity index (χ2v) is 6.75. The first kappa shape index (κ1) is 17.8. The molecule has 1 saturated heterocycles. The molecule has 4 rings (SSSR count). The van der Waals surface area contributed by atoms with Crippen molar-refractivity contribution < 1.29 is 23.9 Å². The third-order valence-corrected chi connectivity index (χ3v) is 5.01. The minimum atomic E-state index is -0.527. The van der Waals surface area contributed by atoms with Crippen LogP contribution < -0.4 is 25.0 Å². The Morgan fingerprint density at radius 3 is 2.54 bits per heavy atom. The molecule has 1 atom stereocenters. The lowest BCUT2D eigenvalue weighted by molar-refractivity contribution is -0.124. The van der Waals surface area contributed by atoms with Gasteiger partial charge in [-0.05, 0) is 36.4 Å². The monoisotopic (exact) mass is 381 g/mol. The van der Waals surface area contributed by atoms with E-state index in [0.29, 0.717) is 35.0 Å². The molecule has 2 aromatic rings. The Balaban J connectivity index is 1.48. The number of ether oxygens (including phenoxy) is 2. The molecule has 0 bridgehead atoms. The van der Waals surface area contributed by atoms with Gasteiger partial charge in [0.1, 0.15) is 0 Å². The first-order valence-electron chi connectivity index (χ1n) is 8.81. The third-order valence-electron chi connectivity index (χ3n) is 5.01. The smallest absolute Gasteiger partial charge is 0.248 e. The largest absolute Gasteiger partial charge is 0.454 e. The first-order valence-corrected chi connectivity index (χ1v) is 8.81. The van der Waals surface area contributed by atoms with Crippen LogP contribution in [0.5, 0.6) is 11.5 Å². The number of carbonyl (C=O) groups excluding carboxylic acids is 3. The van der Waals surface area contributed by atoms with Crippen molar-refractivity contribution in [1.29, 1.82) is 0 Å². The second kappa shape index (κ2) is 6.88. The fourth-order valence-electron chi connectivity index (χ4n) is 3.43. The number of nitrogens with two attached hydrogens (primary N) is 1. The van der Waals surface area contributed by atoms with Gasteiger partial charge in [0, 0.05) is 43.0 Å². The van der Waals surface area contributed by atoms with E-state index < -0.39 is 11.8 Å². The molecule has 2 aliphatic heterocycles. The van der Waals surface area contributed by atoms with E-state index in [9.17, 15) is 14.4 Å². The summed E-state index contributed by atoms with van der Waals surface area (Å²) in [4.78, 5) is 39.7. The summed E-state index contributed by atoms with van der Waals surface area (Å²) in [6.45, 7) is 0.453. The Kier molecular flexibility index (Phi) is 4.38. The van der Waals surface area contributed by atoms with Gasteiger partial charge in [-0.25, -0.2) is 0 Å². The Bertz CT molecular complexity index is 957. The zero-order chi connectivity index (χ0) is 19.8. The van der Waals surface area contributed by atoms with Gasteiger partial charge < -0.3 is 25.0 Å². The summed E-state index contributed by atoms with van der Waals surface area (Å²) < 4.78 is 10.7. The van der Waals surface area contributed by atoms with E-state index in [-0.39, 0.29) is 25.0 Å². The average molecular weight is 381 g/mol. The topological polar surface area (TPSA) is 102 Å². The molecule has 0 saturated carbocycles. The molecule has 144 valence electrons. The standard InChI is InChI=1S/C20H19N3O5/c1-22(14-4-2-12(3-5-14)19(21)25)20(26)13-8-18(24)23(10-13)15-6-7-16-17(9-15)28-11-27-16/h2-7,9,13H,8,10-11H2,1H3,(H2,21,25). The Morgan fingerprint density at radius 1 is 1.11 bits per heavy atom. The van der Waals surface area contributed by atoms with Gasteiger partial charge in [-0.2, -0.15) is 0 Å². The maximum absolute atomic E-state index is 12.9. The molecule has 1 fully saturated rings. The van der Waals surface area contributed by atoms with Crippen LogP contribution in [0.1, 0.15) is 16.8 Å². The van der Waals surface area contributed by atoms with Crippen LogP contribution in [0.4, 0.5) is 11.4 Å². The quantitative estimate of drug-likeness (QED) is 0.865. The normalized spacial score (nSPS) is 17.7. The van der Waals surface area contributed by atoms with Crippen molar-refractivity contribution in [3.63, 3.8) is 0 Å². The predicted octanol–water partition coefficient (Wildman–Crippen LogP) is 1.53. The van der Waals surface area contributed by atoms with Crippen LogP contribution in [-0.2, 0) is 9.59 Å². The van der Waals surface area contributed by atoms with Crippen LogP contribution in [0.15, 0.2) is 42.5 Å². The second-order valence-electron chi connectivity index (χ2n) is 6.75. The summed E-state index contributed by atoms with van der Waals surface area (Å²) >= 11 is 0. The lowest BCUT2D eigenvalue weighted by Gasteiger charge is -2.22. The zero-order valence-electron chi connectivity index (χ0n) is 15.3. The SMILES string of the molecule is CN(C(=O)C1CC(=O)N(c2ccc3c(c2)OCO3)C1)c1ccc(C(N)=O)cc1. The number of hydrogen-bond acceptors (Lipinski definition) is 5. The summed E-state index contributed by atoms with van der Waals surface area (Å²) in [5, 5.41) is 0. The first-order chi connectivity index (χ1) is 13.4. The fraction of sp³-hybridized carbons (Fsp3) is 0.250. The highest BCUT2D eigenvalue weighted by Gasteiger charge is 2.37. The fourth-order valence-corrected chi connectivity index (χ4v) is 3.43. The van der Waals surface area contributed by atoms with E-state index in [1.807, 2.05) is 0 Å². The maximum Gasteiger partial charge on any atom is 0.248 e. The molecule has 2 aromatic carbocycles. The number of carbonyl (C=O) groups is 3. The van der Waals surface area contributed by atoms with Gasteiger partial charge >= 0.3 is 0 Å². The predicted molar refractivity (Wildman–Crippen MR) is 101 cm³/mol. The van der Waals surface area contributed by atoms with E-state index >= 15 is 0 Å². The summed E-state index contributed by atoms with van der Waals surface area (Å²) in [5.41, 5.74) is 6.92. The summed E-state index contributed by atoms with van der Waals surface area (Å²) in [7, 11) is 1.65. The maximum atomic E-state index is 12.9. The highest BCUT2D eigenvalue weighted by atomic mass is 16.7. The minimum absolute atomic E-state index is 0.116. The molecule has 0 spiro atoms. The molecule has 2 aliphatic rings. The molecule has 1 unspecified atom stereocenters. The van der Waals surface area contributed by atoms with Gasteiger partial charge in [-0.15, -0.1) is 0 Å². The number of amides is 3. The highest BCUT2D eigenvalue weighted by molar-refractivity contribution is 6.04. The molecule has 0 aliphatic carbocycles.